The Morgan fingerprint density at radius 1 is 0.800 bits per heavy atom. The number of aromatic nitrogens is 1. The molecule has 3 heteroatoms. The number of aromatic amines is 1. The zero-order valence-corrected chi connectivity index (χ0v) is 13.9. The van der Waals surface area contributed by atoms with E-state index in [1.54, 1.807) is 0 Å². The molecule has 0 atom stereocenters. The fourth-order valence-corrected chi connectivity index (χ4v) is 3.17. The molecule has 3 nitrogen and oxygen atoms in total. The van der Waals surface area contributed by atoms with Gasteiger partial charge in [0.15, 0.2) is 0 Å². The molecule has 0 aliphatic rings. The smallest absolute Gasteiger partial charge is 0.121 e. The Balaban J connectivity index is 1.93. The summed E-state index contributed by atoms with van der Waals surface area (Å²) < 4.78 is 5.68. The van der Waals surface area contributed by atoms with Crippen LogP contribution < -0.4 is 10.5 Å². The van der Waals surface area contributed by atoms with Gasteiger partial charge in [0.2, 0.25) is 0 Å². The molecule has 1 aromatic heterocycles. The van der Waals surface area contributed by atoms with E-state index < -0.39 is 0 Å². The summed E-state index contributed by atoms with van der Waals surface area (Å²) in [5, 5.41) is 1.19. The van der Waals surface area contributed by atoms with Gasteiger partial charge in [0, 0.05) is 23.6 Å². The Kier molecular flexibility index (Phi) is 4.23. The van der Waals surface area contributed by atoms with Crippen LogP contribution in [-0.2, 0) is 0 Å². The van der Waals surface area contributed by atoms with E-state index in [4.69, 9.17) is 10.5 Å². The lowest BCUT2D eigenvalue weighted by atomic mass is 9.98. The largest absolute Gasteiger partial charge is 0.492 e. The van der Waals surface area contributed by atoms with E-state index in [2.05, 4.69) is 59.6 Å². The Morgan fingerprint density at radius 3 is 2.16 bits per heavy atom. The molecule has 3 aromatic carbocycles. The molecule has 0 fully saturated rings. The topological polar surface area (TPSA) is 51.0 Å². The highest BCUT2D eigenvalue weighted by atomic mass is 16.5. The number of hydrogen-bond acceptors (Lipinski definition) is 2. The predicted molar refractivity (Wildman–Crippen MR) is 104 cm³/mol. The van der Waals surface area contributed by atoms with Crippen LogP contribution in [0.15, 0.2) is 78.9 Å². The molecule has 0 amide bonds. The van der Waals surface area contributed by atoms with Crippen molar-refractivity contribution in [2.75, 3.05) is 13.2 Å². The number of ether oxygens (including phenoxy) is 1. The van der Waals surface area contributed by atoms with Crippen LogP contribution in [0.1, 0.15) is 0 Å². The zero-order chi connectivity index (χ0) is 17.1. The number of benzene rings is 3. The Bertz CT molecular complexity index is 975. The van der Waals surface area contributed by atoms with Gasteiger partial charge in [-0.1, -0.05) is 60.7 Å². The summed E-state index contributed by atoms with van der Waals surface area (Å²) in [6.45, 7) is 1.02. The fourth-order valence-electron chi connectivity index (χ4n) is 3.17. The normalized spacial score (nSPS) is 10.9. The number of nitrogens with one attached hydrogen (secondary N) is 1. The lowest BCUT2D eigenvalue weighted by Crippen LogP contribution is -2.10. The molecule has 3 N–H and O–H groups in total. The van der Waals surface area contributed by atoms with E-state index in [-0.39, 0.29) is 0 Å². The number of hydrogen-bond donors (Lipinski definition) is 2. The highest BCUT2D eigenvalue weighted by molar-refractivity contribution is 6.04. The molecule has 25 heavy (non-hydrogen) atoms. The van der Waals surface area contributed by atoms with Crippen molar-refractivity contribution >= 4 is 10.9 Å². The van der Waals surface area contributed by atoms with Crippen molar-refractivity contribution in [2.45, 2.75) is 0 Å². The zero-order valence-electron chi connectivity index (χ0n) is 13.9. The van der Waals surface area contributed by atoms with Crippen LogP contribution in [0, 0.1) is 0 Å². The first-order valence-corrected chi connectivity index (χ1v) is 8.46. The summed E-state index contributed by atoms with van der Waals surface area (Å²) in [5.41, 5.74) is 11.3. The van der Waals surface area contributed by atoms with E-state index in [9.17, 15) is 0 Å². The molecule has 0 bridgehead atoms. The van der Waals surface area contributed by atoms with Crippen molar-refractivity contribution in [3.05, 3.63) is 78.9 Å². The van der Waals surface area contributed by atoms with Crippen molar-refractivity contribution < 1.29 is 4.74 Å². The van der Waals surface area contributed by atoms with Crippen molar-refractivity contribution in [3.8, 4) is 28.1 Å². The Labute approximate surface area is 147 Å². The second-order valence-corrected chi connectivity index (χ2v) is 5.95. The van der Waals surface area contributed by atoms with Crippen LogP contribution in [0.4, 0.5) is 0 Å². The van der Waals surface area contributed by atoms with Crippen LogP contribution in [0.3, 0.4) is 0 Å². The second kappa shape index (κ2) is 6.83. The van der Waals surface area contributed by atoms with Crippen molar-refractivity contribution in [1.29, 1.82) is 0 Å². The fraction of sp³-hybridized carbons (Fsp3) is 0.0909. The van der Waals surface area contributed by atoms with Crippen molar-refractivity contribution in [2.24, 2.45) is 5.73 Å². The summed E-state index contributed by atoms with van der Waals surface area (Å²) >= 11 is 0. The van der Waals surface area contributed by atoms with Gasteiger partial charge in [-0.3, -0.25) is 0 Å². The third-order valence-electron chi connectivity index (χ3n) is 4.28. The minimum atomic E-state index is 0.507. The Morgan fingerprint density at radius 2 is 1.48 bits per heavy atom. The van der Waals surface area contributed by atoms with Gasteiger partial charge in [0.05, 0.1) is 11.2 Å². The average Bonchev–Trinajstić information content (AvgIpc) is 3.06. The van der Waals surface area contributed by atoms with Crippen molar-refractivity contribution in [3.63, 3.8) is 0 Å². The minimum Gasteiger partial charge on any atom is -0.492 e. The number of nitrogens with two attached hydrogens (primary N) is 1. The highest BCUT2D eigenvalue weighted by Gasteiger charge is 2.15. The van der Waals surface area contributed by atoms with Crippen molar-refractivity contribution in [1.82, 2.24) is 4.98 Å². The van der Waals surface area contributed by atoms with E-state index in [1.165, 1.54) is 22.1 Å². The molecule has 0 saturated carbocycles. The van der Waals surface area contributed by atoms with Gasteiger partial charge in [0.25, 0.3) is 0 Å². The van der Waals surface area contributed by atoms with E-state index in [0.29, 0.717) is 13.2 Å². The molecule has 0 spiro atoms. The third-order valence-corrected chi connectivity index (χ3v) is 4.28. The molecular weight excluding hydrogens is 308 g/mol. The lowest BCUT2D eigenvalue weighted by Gasteiger charge is -2.06. The summed E-state index contributed by atoms with van der Waals surface area (Å²) in [7, 11) is 0. The molecule has 4 rings (SSSR count). The summed E-state index contributed by atoms with van der Waals surface area (Å²) in [5.74, 6) is 0.832. The predicted octanol–water partition coefficient (Wildman–Crippen LogP) is 4.84. The number of fused-ring (bicyclic) bond motifs is 1. The van der Waals surface area contributed by atoms with Crippen LogP contribution >= 0.6 is 0 Å². The summed E-state index contributed by atoms with van der Waals surface area (Å²) in [6, 6.07) is 27.1. The van der Waals surface area contributed by atoms with Gasteiger partial charge >= 0.3 is 0 Å². The molecule has 0 aliphatic carbocycles. The quantitative estimate of drug-likeness (QED) is 0.551. The first kappa shape index (κ1) is 15.5. The standard InChI is InChI=1S/C22H20N2O/c23-13-14-25-18-11-12-19-20(15-18)24-22(17-9-5-2-6-10-17)21(19)16-7-3-1-4-8-16/h1-12,15,24H,13-14,23H2. The molecule has 0 unspecified atom stereocenters. The monoisotopic (exact) mass is 328 g/mol. The number of H-pyrrole nitrogens is 1. The van der Waals surface area contributed by atoms with Gasteiger partial charge in [0.1, 0.15) is 12.4 Å². The molecule has 0 radical (unpaired) electrons. The second-order valence-electron chi connectivity index (χ2n) is 5.95. The first-order chi connectivity index (χ1) is 12.4. The van der Waals surface area contributed by atoms with Crippen LogP contribution in [0.25, 0.3) is 33.3 Å². The maximum Gasteiger partial charge on any atom is 0.121 e. The van der Waals surface area contributed by atoms with E-state index in [1.807, 2.05) is 24.3 Å². The Hall–Kier alpha value is -3.04. The summed E-state index contributed by atoms with van der Waals surface area (Å²) in [4.78, 5) is 3.58. The lowest BCUT2D eigenvalue weighted by molar-refractivity contribution is 0.329. The molecule has 0 aliphatic heterocycles. The van der Waals surface area contributed by atoms with E-state index in [0.717, 1.165) is 17.0 Å². The van der Waals surface area contributed by atoms with Crippen LogP contribution in [0.5, 0.6) is 5.75 Å². The van der Waals surface area contributed by atoms with Crippen LogP contribution in [-0.4, -0.2) is 18.1 Å². The maximum atomic E-state index is 5.68. The number of rotatable bonds is 5. The molecular formula is C22H20N2O. The van der Waals surface area contributed by atoms with Gasteiger partial charge in [-0.25, -0.2) is 0 Å². The van der Waals surface area contributed by atoms with Crippen LogP contribution in [0.2, 0.25) is 0 Å². The van der Waals surface area contributed by atoms with Gasteiger partial charge in [-0.15, -0.1) is 0 Å². The van der Waals surface area contributed by atoms with Gasteiger partial charge < -0.3 is 15.5 Å². The van der Waals surface area contributed by atoms with E-state index >= 15 is 0 Å². The molecule has 124 valence electrons. The SMILES string of the molecule is NCCOc1ccc2c(-c3ccccc3)c(-c3ccccc3)[nH]c2c1. The molecule has 1 heterocycles. The first-order valence-electron chi connectivity index (χ1n) is 8.46. The maximum absolute atomic E-state index is 5.68. The average molecular weight is 328 g/mol. The summed E-state index contributed by atoms with van der Waals surface area (Å²) in [6.07, 6.45) is 0. The molecule has 0 saturated heterocycles. The highest BCUT2D eigenvalue weighted by Crippen LogP contribution is 2.39. The van der Waals surface area contributed by atoms with Gasteiger partial charge in [-0.05, 0) is 23.3 Å². The molecule has 4 aromatic rings. The third kappa shape index (κ3) is 3.02. The minimum absolute atomic E-state index is 0.507. The van der Waals surface area contributed by atoms with Gasteiger partial charge in [-0.2, -0.15) is 0 Å².